The van der Waals surface area contributed by atoms with Gasteiger partial charge in [0.2, 0.25) is 0 Å². The average molecular weight is 171 g/mol. The van der Waals surface area contributed by atoms with E-state index in [-0.39, 0.29) is 0 Å². The largest absolute Gasteiger partial charge is 0.241 e. The van der Waals surface area contributed by atoms with Crippen LogP contribution in [0, 0.1) is 6.92 Å². The van der Waals surface area contributed by atoms with Gasteiger partial charge in [-0.05, 0) is 13.3 Å². The van der Waals surface area contributed by atoms with Gasteiger partial charge >= 0.3 is 0 Å². The molecule has 0 bridgehead atoms. The summed E-state index contributed by atoms with van der Waals surface area (Å²) in [6.07, 6.45) is 3.72. The lowest BCUT2D eigenvalue weighted by molar-refractivity contribution is 0.830. The minimum Gasteiger partial charge on any atom is -0.241 e. The number of nitrogens with zero attached hydrogens (tertiary/aromatic N) is 2. The topological polar surface area (TPSA) is 25.8 Å². The van der Waals surface area contributed by atoms with Gasteiger partial charge in [0.05, 0.1) is 0 Å². The van der Waals surface area contributed by atoms with Gasteiger partial charge in [0.15, 0.2) is 0 Å². The zero-order valence-corrected chi connectivity index (χ0v) is 7.52. The maximum Gasteiger partial charge on any atom is 0.135 e. The number of aryl methyl sites for hydroxylation is 2. The van der Waals surface area contributed by atoms with Crippen LogP contribution in [-0.2, 0) is 6.42 Å². The Morgan fingerprint density at radius 3 is 2.82 bits per heavy atom. The van der Waals surface area contributed by atoms with E-state index in [2.05, 4.69) is 16.9 Å². The highest BCUT2D eigenvalue weighted by atomic mass is 35.5. The quantitative estimate of drug-likeness (QED) is 0.637. The van der Waals surface area contributed by atoms with Gasteiger partial charge in [0, 0.05) is 18.2 Å². The van der Waals surface area contributed by atoms with Crippen LogP contribution in [0.2, 0.25) is 5.15 Å². The molecule has 0 spiro atoms. The van der Waals surface area contributed by atoms with Gasteiger partial charge in [-0.25, -0.2) is 9.97 Å². The molecule has 0 saturated carbocycles. The van der Waals surface area contributed by atoms with Crippen molar-refractivity contribution in [2.45, 2.75) is 26.7 Å². The maximum absolute atomic E-state index is 5.80. The van der Waals surface area contributed by atoms with Crippen LogP contribution in [0.3, 0.4) is 0 Å². The van der Waals surface area contributed by atoms with Crippen LogP contribution in [0.1, 0.15) is 24.7 Å². The zero-order chi connectivity index (χ0) is 8.27. The standard InChI is InChI=1S/C8H11ClN2/c1-3-4-7-10-5-6(2)8(9)11-7/h5H,3-4H2,1-2H3. The molecule has 1 rings (SSSR count). The van der Waals surface area contributed by atoms with Gasteiger partial charge < -0.3 is 0 Å². The van der Waals surface area contributed by atoms with Crippen LogP contribution in [0.4, 0.5) is 0 Å². The molecule has 11 heavy (non-hydrogen) atoms. The van der Waals surface area contributed by atoms with Gasteiger partial charge in [-0.15, -0.1) is 0 Å². The molecule has 0 N–H and O–H groups in total. The van der Waals surface area contributed by atoms with Gasteiger partial charge in [-0.1, -0.05) is 18.5 Å². The highest BCUT2D eigenvalue weighted by Gasteiger charge is 1.98. The molecule has 60 valence electrons. The van der Waals surface area contributed by atoms with Gasteiger partial charge in [-0.2, -0.15) is 0 Å². The Morgan fingerprint density at radius 1 is 1.55 bits per heavy atom. The van der Waals surface area contributed by atoms with E-state index in [0.717, 1.165) is 24.2 Å². The summed E-state index contributed by atoms with van der Waals surface area (Å²) in [6, 6.07) is 0. The van der Waals surface area contributed by atoms with E-state index in [1.165, 1.54) is 0 Å². The summed E-state index contributed by atoms with van der Waals surface area (Å²) in [5, 5.41) is 0.573. The predicted molar refractivity (Wildman–Crippen MR) is 45.8 cm³/mol. The van der Waals surface area contributed by atoms with E-state index in [4.69, 9.17) is 11.6 Å². The van der Waals surface area contributed by atoms with E-state index >= 15 is 0 Å². The molecule has 0 unspecified atom stereocenters. The monoisotopic (exact) mass is 170 g/mol. The summed E-state index contributed by atoms with van der Waals surface area (Å²) in [6.45, 7) is 4.00. The van der Waals surface area contributed by atoms with E-state index in [0.29, 0.717) is 5.15 Å². The van der Waals surface area contributed by atoms with Crippen LogP contribution in [0.25, 0.3) is 0 Å². The van der Waals surface area contributed by atoms with Gasteiger partial charge in [0.1, 0.15) is 11.0 Å². The highest BCUT2D eigenvalue weighted by Crippen LogP contribution is 2.10. The van der Waals surface area contributed by atoms with E-state index in [9.17, 15) is 0 Å². The van der Waals surface area contributed by atoms with Crippen molar-refractivity contribution in [2.75, 3.05) is 0 Å². The Balaban J connectivity index is 2.86. The first-order valence-corrected chi connectivity index (χ1v) is 4.10. The molecule has 0 aromatic carbocycles. The fourth-order valence-corrected chi connectivity index (χ4v) is 0.945. The summed E-state index contributed by atoms with van der Waals surface area (Å²) in [5.41, 5.74) is 0.937. The zero-order valence-electron chi connectivity index (χ0n) is 6.76. The third kappa shape index (κ3) is 2.15. The minimum absolute atomic E-state index is 0.573. The molecule has 1 aromatic heterocycles. The molecule has 1 aromatic rings. The summed E-state index contributed by atoms with van der Waals surface area (Å²) >= 11 is 5.80. The van der Waals surface area contributed by atoms with Gasteiger partial charge in [0.25, 0.3) is 0 Å². The second kappa shape index (κ2) is 3.67. The van der Waals surface area contributed by atoms with Crippen molar-refractivity contribution in [3.63, 3.8) is 0 Å². The second-order valence-electron chi connectivity index (χ2n) is 2.51. The Morgan fingerprint density at radius 2 is 2.27 bits per heavy atom. The number of rotatable bonds is 2. The van der Waals surface area contributed by atoms with Crippen LogP contribution >= 0.6 is 11.6 Å². The summed E-state index contributed by atoms with van der Waals surface area (Å²) in [7, 11) is 0. The SMILES string of the molecule is CCCc1ncc(C)c(Cl)n1. The van der Waals surface area contributed by atoms with Crippen LogP contribution in [0.5, 0.6) is 0 Å². The lowest BCUT2D eigenvalue weighted by Gasteiger charge is -1.98. The fraction of sp³-hybridized carbons (Fsp3) is 0.500. The lowest BCUT2D eigenvalue weighted by atomic mass is 10.3. The molecule has 0 aliphatic rings. The smallest absolute Gasteiger partial charge is 0.135 e. The van der Waals surface area contributed by atoms with Gasteiger partial charge in [-0.3, -0.25) is 0 Å². The lowest BCUT2D eigenvalue weighted by Crippen LogP contribution is -1.95. The van der Waals surface area contributed by atoms with Crippen molar-refractivity contribution in [1.82, 2.24) is 9.97 Å². The number of halogens is 1. The molecule has 1 heterocycles. The van der Waals surface area contributed by atoms with Crippen molar-refractivity contribution in [3.8, 4) is 0 Å². The Kier molecular flexibility index (Phi) is 2.83. The molecule has 2 nitrogen and oxygen atoms in total. The Labute approximate surface area is 71.6 Å². The second-order valence-corrected chi connectivity index (χ2v) is 2.87. The van der Waals surface area contributed by atoms with Crippen LogP contribution < -0.4 is 0 Å². The normalized spacial score (nSPS) is 10.1. The Hall–Kier alpha value is -0.630. The molecule has 0 aliphatic carbocycles. The summed E-state index contributed by atoms with van der Waals surface area (Å²) in [4.78, 5) is 8.25. The molecule has 0 radical (unpaired) electrons. The first kappa shape index (κ1) is 8.47. The number of aromatic nitrogens is 2. The van der Waals surface area contributed by atoms with E-state index in [1.54, 1.807) is 6.20 Å². The molecule has 0 fully saturated rings. The molecule has 0 aliphatic heterocycles. The summed E-state index contributed by atoms with van der Waals surface area (Å²) < 4.78 is 0. The minimum atomic E-state index is 0.573. The molecule has 0 atom stereocenters. The van der Waals surface area contributed by atoms with Crippen molar-refractivity contribution in [2.24, 2.45) is 0 Å². The maximum atomic E-state index is 5.80. The molecule has 0 amide bonds. The van der Waals surface area contributed by atoms with Crippen molar-refractivity contribution in [3.05, 3.63) is 22.7 Å². The fourth-order valence-electron chi connectivity index (χ4n) is 0.799. The molecular weight excluding hydrogens is 160 g/mol. The van der Waals surface area contributed by atoms with Crippen LogP contribution in [-0.4, -0.2) is 9.97 Å². The van der Waals surface area contributed by atoms with E-state index < -0.39 is 0 Å². The number of hydrogen-bond donors (Lipinski definition) is 0. The number of hydrogen-bond acceptors (Lipinski definition) is 2. The third-order valence-corrected chi connectivity index (χ3v) is 1.82. The Bertz CT molecular complexity index is 248. The highest BCUT2D eigenvalue weighted by molar-refractivity contribution is 6.30. The first-order valence-electron chi connectivity index (χ1n) is 3.72. The first-order chi connectivity index (χ1) is 5.24. The molecular formula is C8H11ClN2. The predicted octanol–water partition coefficient (Wildman–Crippen LogP) is 2.39. The van der Waals surface area contributed by atoms with E-state index in [1.807, 2.05) is 6.92 Å². The van der Waals surface area contributed by atoms with Crippen molar-refractivity contribution < 1.29 is 0 Å². The van der Waals surface area contributed by atoms with Crippen molar-refractivity contribution >= 4 is 11.6 Å². The average Bonchev–Trinajstić information content (AvgIpc) is 1.98. The summed E-state index contributed by atoms with van der Waals surface area (Å²) in [5.74, 6) is 0.836. The molecule has 3 heteroatoms. The third-order valence-electron chi connectivity index (χ3n) is 1.43. The van der Waals surface area contributed by atoms with Crippen molar-refractivity contribution in [1.29, 1.82) is 0 Å². The van der Waals surface area contributed by atoms with Crippen LogP contribution in [0.15, 0.2) is 6.20 Å². The molecule has 0 saturated heterocycles.